The van der Waals surface area contributed by atoms with Crippen LogP contribution in [0.5, 0.6) is 0 Å². The van der Waals surface area contributed by atoms with Crippen molar-refractivity contribution in [1.29, 1.82) is 0 Å². The maximum absolute atomic E-state index is 12.7. The fourth-order valence-corrected chi connectivity index (χ4v) is 5.78. The van der Waals surface area contributed by atoms with E-state index in [0.717, 1.165) is 26.6 Å². The minimum Gasteiger partial charge on any atom is -0.445 e. The molecule has 0 radical (unpaired) electrons. The third kappa shape index (κ3) is 20.0. The van der Waals surface area contributed by atoms with Gasteiger partial charge >= 0.3 is 36.3 Å². The van der Waals surface area contributed by atoms with Gasteiger partial charge in [0.15, 0.2) is 0 Å². The Kier molecular flexibility index (Phi) is 21.6. The molecule has 1 atom stereocenters. The molecule has 6 amide bonds. The molecule has 22 heteroatoms. The lowest BCUT2D eigenvalue weighted by molar-refractivity contribution is -0.165. The molecule has 368 valence electrons. The van der Waals surface area contributed by atoms with Gasteiger partial charge in [-0.15, -0.1) is 0 Å². The summed E-state index contributed by atoms with van der Waals surface area (Å²) in [5.74, 6) is -3.02. The van der Waals surface area contributed by atoms with Gasteiger partial charge in [-0.3, -0.25) is 29.1 Å². The lowest BCUT2D eigenvalue weighted by Crippen LogP contribution is -2.41. The minimum atomic E-state index is -1.22. The molecule has 69 heavy (non-hydrogen) atoms. The van der Waals surface area contributed by atoms with E-state index in [4.69, 9.17) is 33.4 Å². The number of amides is 6. The molecule has 4 rings (SSSR count). The lowest BCUT2D eigenvalue weighted by atomic mass is 10.1. The van der Waals surface area contributed by atoms with Crippen LogP contribution in [0.3, 0.4) is 0 Å². The summed E-state index contributed by atoms with van der Waals surface area (Å²) < 4.78 is 30.7. The topological polar surface area (TPSA) is 255 Å². The highest BCUT2D eigenvalue weighted by Gasteiger charge is 2.21. The second-order valence-corrected chi connectivity index (χ2v) is 15.2. The number of carbonyl (C=O) groups is 8. The molecule has 2 heterocycles. The largest absolute Gasteiger partial charge is 0.445 e. The van der Waals surface area contributed by atoms with Gasteiger partial charge in [-0.2, -0.15) is 0 Å². The molecule has 0 bridgehead atoms. The number of pyridine rings is 2. The highest BCUT2D eigenvalue weighted by molar-refractivity contribution is 5.86. The molecule has 2 aromatic heterocycles. The fourth-order valence-electron chi connectivity index (χ4n) is 5.78. The van der Waals surface area contributed by atoms with Gasteiger partial charge in [-0.1, -0.05) is 60.7 Å². The van der Waals surface area contributed by atoms with Crippen molar-refractivity contribution in [2.75, 3.05) is 74.3 Å². The first-order valence-electron chi connectivity index (χ1n) is 21.5. The Labute approximate surface area is 398 Å². The Hall–Kier alpha value is -8.30. The average Bonchev–Trinajstić information content (AvgIpc) is 3.35. The Bertz CT molecular complexity index is 2360. The van der Waals surface area contributed by atoms with Crippen LogP contribution in [0.2, 0.25) is 0 Å². The predicted molar refractivity (Wildman–Crippen MR) is 244 cm³/mol. The third-order valence-corrected chi connectivity index (χ3v) is 9.56. The van der Waals surface area contributed by atoms with Crippen LogP contribution in [0.15, 0.2) is 97.2 Å². The summed E-state index contributed by atoms with van der Waals surface area (Å²) in [5, 5.41) is 4.68. The summed E-state index contributed by atoms with van der Waals surface area (Å²) >= 11 is 0. The van der Waals surface area contributed by atoms with Crippen molar-refractivity contribution in [1.82, 2.24) is 40.2 Å². The van der Waals surface area contributed by atoms with E-state index >= 15 is 0 Å². The molecule has 0 spiro atoms. The van der Waals surface area contributed by atoms with Crippen molar-refractivity contribution < 1.29 is 66.8 Å². The van der Waals surface area contributed by atoms with Crippen LogP contribution >= 0.6 is 0 Å². The number of esters is 2. The molecular formula is C47H56N8O14. The number of benzene rings is 2. The van der Waals surface area contributed by atoms with Gasteiger partial charge in [0, 0.05) is 84.2 Å². The highest BCUT2D eigenvalue weighted by atomic mass is 16.7. The van der Waals surface area contributed by atoms with Crippen molar-refractivity contribution >= 4 is 48.1 Å². The number of ether oxygens (including phenoxy) is 6. The number of aromatic nitrogens is 2. The minimum absolute atomic E-state index is 0.0362. The third-order valence-electron chi connectivity index (χ3n) is 9.56. The Balaban J connectivity index is 1.09. The van der Waals surface area contributed by atoms with Crippen LogP contribution in [0.25, 0.3) is 11.3 Å². The SMILES string of the molecule is CC(OC(=O)CNC(=O)CN(C)C(=O)OCc1cccc(-c2cccc(CCN(C)C(=O)OCOC(=O)CNC(=O)CN(C)C(=O)OCc3ccccc3)n2)c1)OC(=O)N(C)CCc1ccccn1. The number of carbonyl (C=O) groups excluding carboxylic acids is 8. The molecule has 4 aromatic rings. The normalized spacial score (nSPS) is 10.9. The summed E-state index contributed by atoms with van der Waals surface area (Å²) in [5.41, 5.74) is 4.21. The highest BCUT2D eigenvalue weighted by Crippen LogP contribution is 2.20. The van der Waals surface area contributed by atoms with E-state index in [0.29, 0.717) is 36.3 Å². The maximum Gasteiger partial charge on any atom is 0.412 e. The van der Waals surface area contributed by atoms with E-state index < -0.39 is 80.8 Å². The maximum atomic E-state index is 12.7. The van der Waals surface area contributed by atoms with Crippen LogP contribution in [-0.2, 0) is 73.7 Å². The number of nitrogens with zero attached hydrogens (tertiary/aromatic N) is 6. The summed E-state index contributed by atoms with van der Waals surface area (Å²) in [6.45, 7) is -0.729. The van der Waals surface area contributed by atoms with Crippen molar-refractivity contribution in [3.05, 3.63) is 120 Å². The fraction of sp³-hybridized carbons (Fsp3) is 0.362. The monoisotopic (exact) mass is 956 g/mol. The zero-order valence-corrected chi connectivity index (χ0v) is 39.0. The first kappa shape index (κ1) is 53.3. The molecule has 0 aliphatic rings. The Morgan fingerprint density at radius 1 is 0.551 bits per heavy atom. The van der Waals surface area contributed by atoms with E-state index in [2.05, 4.69) is 15.6 Å². The van der Waals surface area contributed by atoms with Crippen molar-refractivity contribution in [2.24, 2.45) is 0 Å². The van der Waals surface area contributed by atoms with Gasteiger partial charge in [0.1, 0.15) is 39.4 Å². The number of likely N-dealkylation sites (N-methyl/N-ethyl adjacent to an activating group) is 4. The average molecular weight is 957 g/mol. The van der Waals surface area contributed by atoms with Crippen molar-refractivity contribution in [3.63, 3.8) is 0 Å². The van der Waals surface area contributed by atoms with Crippen LogP contribution in [0.1, 0.15) is 29.4 Å². The smallest absolute Gasteiger partial charge is 0.412 e. The van der Waals surface area contributed by atoms with Crippen molar-refractivity contribution in [2.45, 2.75) is 39.3 Å². The summed E-state index contributed by atoms with van der Waals surface area (Å²) in [6.07, 6.45) is -1.71. The number of rotatable bonds is 23. The molecule has 0 aliphatic carbocycles. The molecular weight excluding hydrogens is 901 g/mol. The van der Waals surface area contributed by atoms with E-state index in [1.807, 2.05) is 24.3 Å². The van der Waals surface area contributed by atoms with Gasteiger partial charge < -0.3 is 58.7 Å². The molecule has 0 saturated heterocycles. The summed E-state index contributed by atoms with van der Waals surface area (Å²) in [7, 11) is 5.76. The number of hydrogen-bond donors (Lipinski definition) is 2. The van der Waals surface area contributed by atoms with Gasteiger partial charge in [0.2, 0.25) is 24.9 Å². The second-order valence-electron chi connectivity index (χ2n) is 15.2. The quantitative estimate of drug-likeness (QED) is 0.0613. The number of nitrogens with one attached hydrogen (secondary N) is 2. The molecule has 2 N–H and O–H groups in total. The van der Waals surface area contributed by atoms with Crippen LogP contribution < -0.4 is 10.6 Å². The number of hydrogen-bond acceptors (Lipinski definition) is 16. The molecule has 0 fully saturated rings. The molecule has 2 aromatic carbocycles. The molecule has 22 nitrogen and oxygen atoms in total. The van der Waals surface area contributed by atoms with Crippen LogP contribution in [-0.4, -0.2) is 158 Å². The van der Waals surface area contributed by atoms with E-state index in [1.54, 1.807) is 72.9 Å². The first-order chi connectivity index (χ1) is 33.1. The Morgan fingerprint density at radius 2 is 1.10 bits per heavy atom. The van der Waals surface area contributed by atoms with E-state index in [-0.39, 0.29) is 26.3 Å². The lowest BCUT2D eigenvalue weighted by Gasteiger charge is -2.20. The van der Waals surface area contributed by atoms with Gasteiger partial charge in [-0.25, -0.2) is 19.2 Å². The predicted octanol–water partition coefficient (Wildman–Crippen LogP) is 3.52. The first-order valence-corrected chi connectivity index (χ1v) is 21.5. The summed E-state index contributed by atoms with van der Waals surface area (Å²) in [6, 6.07) is 27.0. The molecule has 0 aliphatic heterocycles. The summed E-state index contributed by atoms with van der Waals surface area (Å²) in [4.78, 5) is 112. The molecule has 1 unspecified atom stereocenters. The van der Waals surface area contributed by atoms with E-state index in [1.165, 1.54) is 44.9 Å². The van der Waals surface area contributed by atoms with Gasteiger partial charge in [0.05, 0.1) is 5.69 Å². The molecule has 0 saturated carbocycles. The van der Waals surface area contributed by atoms with E-state index in [9.17, 15) is 38.4 Å². The van der Waals surface area contributed by atoms with Crippen LogP contribution in [0, 0.1) is 0 Å². The van der Waals surface area contributed by atoms with Crippen molar-refractivity contribution in [3.8, 4) is 11.3 Å². The van der Waals surface area contributed by atoms with Gasteiger partial charge in [-0.05, 0) is 41.5 Å². The standard InChI is InChI=1S/C47H56N8O14/c1-33(69-47(63)53(3)23-20-37-17-9-10-22-48-37)68-43(59)27-50-41(57)29-55(5)46(62)65-31-35-15-11-16-36(25-35)39-19-12-18-38(51-39)21-24-52(2)44(60)67-32-66-42(58)26-49-40(56)28-54(4)45(61)64-30-34-13-7-6-8-14-34/h6-19,22,25,33H,20-21,23-24,26-32H2,1-5H3,(H,49,56)(H,50,57). The zero-order chi connectivity index (χ0) is 50.1. The van der Waals surface area contributed by atoms with Gasteiger partial charge in [0.25, 0.3) is 0 Å². The second kappa shape index (κ2) is 28.0. The Morgan fingerprint density at radius 3 is 1.75 bits per heavy atom. The van der Waals surface area contributed by atoms with Crippen LogP contribution in [0.4, 0.5) is 19.2 Å². The zero-order valence-electron chi connectivity index (χ0n) is 39.0.